The van der Waals surface area contributed by atoms with E-state index in [9.17, 15) is 4.79 Å². The second-order valence-electron chi connectivity index (χ2n) is 3.85. The Bertz CT molecular complexity index is 542. The average Bonchev–Trinajstić information content (AvgIpc) is 2.58. The molecule has 1 heterocycles. The molecule has 5 heteroatoms. The van der Waals surface area contributed by atoms with E-state index >= 15 is 0 Å². The quantitative estimate of drug-likeness (QED) is 0.825. The molecule has 17 heavy (non-hydrogen) atoms. The fraction of sp³-hybridized carbons (Fsp3) is 0.167. The fourth-order valence-electron chi connectivity index (χ4n) is 1.62. The smallest absolute Gasteiger partial charge is 0.221 e. The third-order valence-electron chi connectivity index (χ3n) is 2.29. The molecule has 0 saturated carbocycles. The number of nitrogen functional groups attached to an aromatic ring is 1. The molecule has 0 aliphatic carbocycles. The maximum Gasteiger partial charge on any atom is 0.221 e. The van der Waals surface area contributed by atoms with Crippen molar-refractivity contribution < 1.29 is 4.79 Å². The first-order valence-corrected chi connectivity index (χ1v) is 5.26. The third-order valence-corrected chi connectivity index (χ3v) is 2.29. The second-order valence-corrected chi connectivity index (χ2v) is 3.85. The van der Waals surface area contributed by atoms with Crippen LogP contribution in [0.2, 0.25) is 0 Å². The topological polar surface area (TPSA) is 72.9 Å². The van der Waals surface area contributed by atoms with Crippen LogP contribution in [-0.4, -0.2) is 15.7 Å². The molecule has 0 spiro atoms. The van der Waals surface area contributed by atoms with E-state index in [0.717, 1.165) is 17.1 Å². The van der Waals surface area contributed by atoms with Gasteiger partial charge in [-0.15, -0.1) is 0 Å². The highest BCUT2D eigenvalue weighted by Gasteiger charge is 2.04. The van der Waals surface area contributed by atoms with Crippen molar-refractivity contribution in [1.29, 1.82) is 0 Å². The van der Waals surface area contributed by atoms with Crippen LogP contribution < -0.4 is 11.1 Å². The lowest BCUT2D eigenvalue weighted by molar-refractivity contribution is -0.114. The van der Waals surface area contributed by atoms with Gasteiger partial charge in [0, 0.05) is 18.7 Å². The minimum Gasteiger partial charge on any atom is -0.384 e. The molecule has 2 rings (SSSR count). The fourth-order valence-corrected chi connectivity index (χ4v) is 1.62. The highest BCUT2D eigenvalue weighted by molar-refractivity contribution is 5.88. The number of aromatic nitrogens is 2. The van der Waals surface area contributed by atoms with Crippen LogP contribution in [0.5, 0.6) is 0 Å². The maximum atomic E-state index is 10.9. The number of carbonyl (C=O) groups excluding carboxylic acids is 1. The first-order chi connectivity index (χ1) is 8.06. The molecule has 1 aromatic heterocycles. The summed E-state index contributed by atoms with van der Waals surface area (Å²) >= 11 is 0. The summed E-state index contributed by atoms with van der Waals surface area (Å²) in [6.07, 6.45) is 0. The Morgan fingerprint density at radius 3 is 2.47 bits per heavy atom. The van der Waals surface area contributed by atoms with Gasteiger partial charge in [0.1, 0.15) is 5.82 Å². The van der Waals surface area contributed by atoms with Gasteiger partial charge in [-0.1, -0.05) is 0 Å². The largest absolute Gasteiger partial charge is 0.384 e. The number of benzene rings is 1. The van der Waals surface area contributed by atoms with Gasteiger partial charge in [-0.2, -0.15) is 5.10 Å². The number of nitrogens with one attached hydrogen (secondary N) is 1. The van der Waals surface area contributed by atoms with Crippen molar-refractivity contribution in [1.82, 2.24) is 9.78 Å². The number of nitrogens with two attached hydrogens (primary N) is 1. The van der Waals surface area contributed by atoms with Crippen molar-refractivity contribution in [3.05, 3.63) is 36.0 Å². The van der Waals surface area contributed by atoms with Crippen LogP contribution in [0.3, 0.4) is 0 Å². The molecular weight excluding hydrogens is 216 g/mol. The van der Waals surface area contributed by atoms with E-state index in [1.54, 1.807) is 4.68 Å². The van der Waals surface area contributed by atoms with E-state index in [2.05, 4.69) is 10.4 Å². The second kappa shape index (κ2) is 4.29. The first kappa shape index (κ1) is 11.2. The Morgan fingerprint density at radius 1 is 1.35 bits per heavy atom. The lowest BCUT2D eigenvalue weighted by Gasteiger charge is -2.06. The van der Waals surface area contributed by atoms with Crippen LogP contribution in [0.15, 0.2) is 30.3 Å². The normalized spacial score (nSPS) is 10.2. The number of rotatable bonds is 2. The number of amides is 1. The molecule has 0 aliphatic rings. The van der Waals surface area contributed by atoms with Gasteiger partial charge in [-0.3, -0.25) is 4.79 Å². The van der Waals surface area contributed by atoms with Crippen LogP contribution in [0.4, 0.5) is 11.5 Å². The van der Waals surface area contributed by atoms with Crippen LogP contribution in [0.25, 0.3) is 5.69 Å². The predicted molar refractivity (Wildman–Crippen MR) is 67.0 cm³/mol. The van der Waals surface area contributed by atoms with E-state index in [-0.39, 0.29) is 5.91 Å². The van der Waals surface area contributed by atoms with Crippen molar-refractivity contribution in [3.63, 3.8) is 0 Å². The van der Waals surface area contributed by atoms with Crippen molar-refractivity contribution in [2.45, 2.75) is 13.8 Å². The number of anilines is 2. The summed E-state index contributed by atoms with van der Waals surface area (Å²) in [5, 5.41) is 6.98. The molecule has 0 fully saturated rings. The highest BCUT2D eigenvalue weighted by atomic mass is 16.1. The molecular formula is C12H14N4O. The zero-order valence-corrected chi connectivity index (χ0v) is 9.77. The molecule has 0 unspecified atom stereocenters. The Balaban J connectivity index is 2.29. The number of carbonyl (C=O) groups is 1. The lowest BCUT2D eigenvalue weighted by atomic mass is 10.3. The van der Waals surface area contributed by atoms with Gasteiger partial charge in [0.2, 0.25) is 5.91 Å². The molecule has 0 saturated heterocycles. The standard InChI is InChI=1S/C12H14N4O/c1-8-7-12(13)16(15-8)11-5-3-10(4-6-11)14-9(2)17/h3-7H,13H2,1-2H3,(H,14,17). The van der Waals surface area contributed by atoms with Gasteiger partial charge >= 0.3 is 0 Å². The minimum absolute atomic E-state index is 0.0906. The number of hydrogen-bond acceptors (Lipinski definition) is 3. The summed E-state index contributed by atoms with van der Waals surface area (Å²) < 4.78 is 1.66. The Morgan fingerprint density at radius 2 is 2.00 bits per heavy atom. The molecule has 2 aromatic rings. The summed E-state index contributed by atoms with van der Waals surface area (Å²) in [7, 11) is 0. The van der Waals surface area contributed by atoms with Crippen molar-refractivity contribution in [2.75, 3.05) is 11.1 Å². The van der Waals surface area contributed by atoms with Gasteiger partial charge < -0.3 is 11.1 Å². The molecule has 88 valence electrons. The van der Waals surface area contributed by atoms with Crippen LogP contribution in [-0.2, 0) is 4.79 Å². The summed E-state index contributed by atoms with van der Waals surface area (Å²) in [5.74, 6) is 0.502. The van der Waals surface area contributed by atoms with Gasteiger partial charge in [-0.25, -0.2) is 4.68 Å². The van der Waals surface area contributed by atoms with E-state index in [4.69, 9.17) is 5.73 Å². The van der Waals surface area contributed by atoms with Crippen LogP contribution in [0, 0.1) is 6.92 Å². The van der Waals surface area contributed by atoms with E-state index in [0.29, 0.717) is 5.82 Å². The summed E-state index contributed by atoms with van der Waals surface area (Å²) in [5.41, 5.74) is 8.31. The number of hydrogen-bond donors (Lipinski definition) is 2. The van der Waals surface area contributed by atoms with E-state index in [1.165, 1.54) is 6.92 Å². The van der Waals surface area contributed by atoms with Crippen LogP contribution in [0.1, 0.15) is 12.6 Å². The molecule has 3 N–H and O–H groups in total. The van der Waals surface area contributed by atoms with Gasteiger partial charge in [0.15, 0.2) is 0 Å². The Labute approximate surface area is 99.2 Å². The zero-order valence-electron chi connectivity index (χ0n) is 9.77. The predicted octanol–water partition coefficient (Wildman–Crippen LogP) is 1.72. The molecule has 1 amide bonds. The zero-order chi connectivity index (χ0) is 12.4. The van der Waals surface area contributed by atoms with Gasteiger partial charge in [0.25, 0.3) is 0 Å². The molecule has 5 nitrogen and oxygen atoms in total. The molecule has 0 bridgehead atoms. The molecule has 0 aliphatic heterocycles. The number of nitrogens with zero attached hydrogens (tertiary/aromatic N) is 2. The van der Waals surface area contributed by atoms with Crippen molar-refractivity contribution in [2.24, 2.45) is 0 Å². The maximum absolute atomic E-state index is 10.9. The lowest BCUT2D eigenvalue weighted by Crippen LogP contribution is -2.06. The minimum atomic E-state index is -0.0906. The third kappa shape index (κ3) is 2.44. The molecule has 0 radical (unpaired) electrons. The van der Waals surface area contributed by atoms with Gasteiger partial charge in [0.05, 0.1) is 11.4 Å². The summed E-state index contributed by atoms with van der Waals surface area (Å²) in [6.45, 7) is 3.36. The van der Waals surface area contributed by atoms with Gasteiger partial charge in [-0.05, 0) is 31.2 Å². The SMILES string of the molecule is CC(=O)Nc1ccc(-n2nc(C)cc2N)cc1. The van der Waals surface area contributed by atoms with Crippen molar-refractivity contribution >= 4 is 17.4 Å². The summed E-state index contributed by atoms with van der Waals surface area (Å²) in [6, 6.07) is 9.14. The van der Waals surface area contributed by atoms with E-state index < -0.39 is 0 Å². The highest BCUT2D eigenvalue weighted by Crippen LogP contribution is 2.16. The van der Waals surface area contributed by atoms with Crippen molar-refractivity contribution in [3.8, 4) is 5.69 Å². The molecule has 0 atom stereocenters. The molecule has 1 aromatic carbocycles. The monoisotopic (exact) mass is 230 g/mol. The number of aryl methyl sites for hydroxylation is 1. The first-order valence-electron chi connectivity index (χ1n) is 5.26. The van der Waals surface area contributed by atoms with E-state index in [1.807, 2.05) is 37.3 Å². The summed E-state index contributed by atoms with van der Waals surface area (Å²) in [4.78, 5) is 10.9. The van der Waals surface area contributed by atoms with Crippen LogP contribution >= 0.6 is 0 Å². The Hall–Kier alpha value is -2.30. The Kier molecular flexibility index (Phi) is 2.82. The average molecular weight is 230 g/mol.